The summed E-state index contributed by atoms with van der Waals surface area (Å²) in [5, 5.41) is 32.4. The number of phenols is 2. The van der Waals surface area contributed by atoms with Gasteiger partial charge in [-0.15, -0.1) is 0 Å². The van der Waals surface area contributed by atoms with E-state index in [4.69, 9.17) is 21.7 Å². The molecule has 1 spiro atoms. The maximum Gasteiger partial charge on any atom is 0.342 e. The largest absolute Gasteiger partial charge is 0.508 e. The molecule has 0 saturated heterocycles. The Hall–Kier alpha value is -4.82. The summed E-state index contributed by atoms with van der Waals surface area (Å²) < 4.78 is 12.2. The van der Waals surface area contributed by atoms with Crippen molar-refractivity contribution >= 4 is 59.2 Å². The number of hydrogen-bond acceptors (Lipinski definition) is 10. The fourth-order valence-electron chi connectivity index (χ4n) is 6.43. The molecule has 0 atom stereocenters. The zero-order chi connectivity index (χ0) is 37.1. The fraction of sp³-hybridized carbons (Fsp3) is 0.395. The number of anilines is 1. The van der Waals surface area contributed by atoms with E-state index in [0.717, 1.165) is 38.5 Å². The van der Waals surface area contributed by atoms with Gasteiger partial charge in [-0.05, 0) is 68.2 Å². The van der Waals surface area contributed by atoms with Crippen molar-refractivity contribution in [2.75, 3.05) is 30.7 Å². The number of ether oxygens (including phenoxy) is 2. The van der Waals surface area contributed by atoms with Crippen LogP contribution in [-0.4, -0.2) is 64.3 Å². The number of phenolic OH excluding ortho intramolecular Hbond substituents is 2. The van der Waals surface area contributed by atoms with Crippen LogP contribution in [0.2, 0.25) is 0 Å². The molecular formula is C38H44N4O8S2. The number of carbonyl (C=O) groups excluding carboxylic acids is 4. The number of nitrogens with one attached hydrogen (secondary N) is 4. The maximum atomic E-state index is 13.6. The summed E-state index contributed by atoms with van der Waals surface area (Å²) in [6, 6.07) is 14.5. The van der Waals surface area contributed by atoms with Gasteiger partial charge in [-0.1, -0.05) is 31.4 Å². The molecule has 0 aromatic heterocycles. The zero-order valence-corrected chi connectivity index (χ0v) is 30.5. The number of hydrogen-bond donors (Lipinski definition) is 7. The summed E-state index contributed by atoms with van der Waals surface area (Å²) in [6.45, 7) is 1.14. The van der Waals surface area contributed by atoms with E-state index in [1.807, 2.05) is 0 Å². The first-order valence-corrected chi connectivity index (χ1v) is 18.6. The van der Waals surface area contributed by atoms with E-state index < -0.39 is 11.6 Å². The van der Waals surface area contributed by atoms with Crippen LogP contribution in [0.4, 0.5) is 5.69 Å². The van der Waals surface area contributed by atoms with Gasteiger partial charge in [0.15, 0.2) is 16.5 Å². The molecule has 14 heteroatoms. The van der Waals surface area contributed by atoms with Gasteiger partial charge in [-0.3, -0.25) is 14.4 Å². The Morgan fingerprint density at radius 1 is 0.731 bits per heavy atom. The summed E-state index contributed by atoms with van der Waals surface area (Å²) in [6.07, 6.45) is 6.67. The van der Waals surface area contributed by atoms with E-state index in [2.05, 4.69) is 33.9 Å². The van der Waals surface area contributed by atoms with Crippen molar-refractivity contribution < 1.29 is 38.9 Å². The molecule has 52 heavy (non-hydrogen) atoms. The van der Waals surface area contributed by atoms with Crippen molar-refractivity contribution in [3.63, 3.8) is 0 Å². The van der Waals surface area contributed by atoms with E-state index in [1.165, 1.54) is 24.3 Å². The molecular weight excluding hydrogens is 705 g/mol. The van der Waals surface area contributed by atoms with E-state index in [0.29, 0.717) is 89.1 Å². The number of esters is 1. The van der Waals surface area contributed by atoms with Crippen molar-refractivity contribution in [3.8, 4) is 23.0 Å². The van der Waals surface area contributed by atoms with Gasteiger partial charge >= 0.3 is 5.97 Å². The van der Waals surface area contributed by atoms with Gasteiger partial charge in [0.2, 0.25) is 11.8 Å². The highest BCUT2D eigenvalue weighted by molar-refractivity contribution is 7.80. The second-order valence-electron chi connectivity index (χ2n) is 12.8. The first-order chi connectivity index (χ1) is 25.1. The van der Waals surface area contributed by atoms with Crippen molar-refractivity contribution in [3.05, 3.63) is 76.9 Å². The van der Waals surface area contributed by atoms with Crippen LogP contribution in [0.5, 0.6) is 23.0 Å². The summed E-state index contributed by atoms with van der Waals surface area (Å²) in [7, 11) is 0. The predicted molar refractivity (Wildman–Crippen MR) is 203 cm³/mol. The highest BCUT2D eigenvalue weighted by atomic mass is 32.1. The third-order valence-electron chi connectivity index (χ3n) is 8.94. The van der Waals surface area contributed by atoms with Gasteiger partial charge in [-0.2, -0.15) is 12.6 Å². The van der Waals surface area contributed by atoms with Crippen molar-refractivity contribution in [2.45, 2.75) is 69.8 Å². The van der Waals surface area contributed by atoms with Crippen molar-refractivity contribution in [1.82, 2.24) is 16.0 Å². The van der Waals surface area contributed by atoms with Gasteiger partial charge in [0.05, 0.1) is 17.8 Å². The average Bonchev–Trinajstić information content (AvgIpc) is 3.41. The Labute approximate surface area is 313 Å². The quantitative estimate of drug-likeness (QED) is 0.0374. The van der Waals surface area contributed by atoms with Crippen LogP contribution >= 0.6 is 24.8 Å². The highest BCUT2D eigenvalue weighted by Gasteiger charge is 2.54. The Morgan fingerprint density at radius 2 is 1.35 bits per heavy atom. The summed E-state index contributed by atoms with van der Waals surface area (Å²) in [5.41, 5.74) is 0.999. The average molecular weight is 749 g/mol. The molecule has 2 amide bonds. The van der Waals surface area contributed by atoms with E-state index in [9.17, 15) is 29.4 Å². The second-order valence-corrected chi connectivity index (χ2v) is 13.6. The fourth-order valence-corrected chi connectivity index (χ4v) is 6.75. The van der Waals surface area contributed by atoms with Crippen LogP contribution in [0.3, 0.4) is 0 Å². The molecule has 0 unspecified atom stereocenters. The monoisotopic (exact) mass is 748 g/mol. The first kappa shape index (κ1) is 38.4. The molecule has 6 N–H and O–H groups in total. The number of unbranched alkanes of at least 4 members (excludes halogenated alkanes) is 5. The van der Waals surface area contributed by atoms with Crippen molar-refractivity contribution in [1.29, 1.82) is 0 Å². The number of thiol groups is 1. The summed E-state index contributed by atoms with van der Waals surface area (Å²) in [4.78, 5) is 49.5. The molecule has 0 radical (unpaired) electrons. The lowest BCUT2D eigenvalue weighted by atomic mass is 9.77. The number of benzene rings is 3. The molecule has 3 aromatic rings. The first-order valence-electron chi connectivity index (χ1n) is 17.5. The number of fused-ring (bicyclic) bond motifs is 6. The number of rotatable bonds is 18. The third-order valence-corrected chi connectivity index (χ3v) is 9.41. The number of Topliss-reactive ketones (excluding diaryl/α,β-unsaturated/α-hetero) is 1. The van der Waals surface area contributed by atoms with Gasteiger partial charge in [0.25, 0.3) is 0 Å². The summed E-state index contributed by atoms with van der Waals surface area (Å²) in [5.74, 6) is 0.459. The Bertz CT molecular complexity index is 1770. The molecule has 0 bridgehead atoms. The van der Waals surface area contributed by atoms with Crippen LogP contribution in [0.1, 0.15) is 91.3 Å². The SMILES string of the molecule is O=C(CCCCCCC(=O)NCCS)CNC(=O)CCCCCNC(=S)Nc1cccc2c1C(=O)OC21c2ccc(O)cc2Oc2cc(O)ccc21. The zero-order valence-electron chi connectivity index (χ0n) is 28.8. The smallest absolute Gasteiger partial charge is 0.342 e. The molecule has 12 nitrogen and oxygen atoms in total. The minimum atomic E-state index is -1.38. The van der Waals surface area contributed by atoms with E-state index in [-0.39, 0.29) is 35.6 Å². The lowest BCUT2D eigenvalue weighted by Gasteiger charge is -2.36. The summed E-state index contributed by atoms with van der Waals surface area (Å²) >= 11 is 9.60. The minimum absolute atomic E-state index is 0.000500. The molecule has 2 heterocycles. The van der Waals surface area contributed by atoms with E-state index >= 15 is 0 Å². The third kappa shape index (κ3) is 9.34. The number of amides is 2. The number of carbonyl (C=O) groups is 4. The molecule has 0 aliphatic carbocycles. The molecule has 0 fully saturated rings. The normalized spacial score (nSPS) is 13.2. The molecule has 2 aliphatic rings. The molecule has 2 aliphatic heterocycles. The Kier molecular flexibility index (Phi) is 13.4. The predicted octanol–water partition coefficient (Wildman–Crippen LogP) is 5.58. The van der Waals surface area contributed by atoms with Crippen molar-refractivity contribution in [2.24, 2.45) is 0 Å². The van der Waals surface area contributed by atoms with Gasteiger partial charge in [-0.25, -0.2) is 4.79 Å². The lowest BCUT2D eigenvalue weighted by Crippen LogP contribution is -2.33. The molecule has 0 saturated carbocycles. The Morgan fingerprint density at radius 3 is 2.00 bits per heavy atom. The molecule has 276 valence electrons. The molecule has 5 rings (SSSR count). The van der Waals surface area contributed by atoms with Gasteiger partial charge < -0.3 is 41.0 Å². The van der Waals surface area contributed by atoms with Crippen LogP contribution < -0.4 is 26.0 Å². The van der Waals surface area contributed by atoms with Crippen LogP contribution in [0.25, 0.3) is 0 Å². The standard InChI is InChI=1S/C38H44N4O8S2/c43-24-14-16-27-31(21-24)49-32-22-25(44)15-17-28(32)38(27)29-10-8-11-30(35(29)36(48)50-38)42-37(52)40-18-7-3-6-13-34(47)41-23-26(45)9-4-1-2-5-12-33(46)39-19-20-51/h8,10-11,14-17,21-22,43-44,51H,1-7,9,12-13,18-20,23H2,(H,39,46)(H,41,47)(H2,40,42,52). The van der Waals surface area contributed by atoms with Gasteiger partial charge in [0.1, 0.15) is 23.0 Å². The van der Waals surface area contributed by atoms with Crippen LogP contribution in [0, 0.1) is 0 Å². The lowest BCUT2D eigenvalue weighted by molar-refractivity contribution is -0.125. The number of thiocarbonyl (C=S) groups is 1. The minimum Gasteiger partial charge on any atom is -0.508 e. The van der Waals surface area contributed by atoms with E-state index in [1.54, 1.807) is 30.3 Å². The maximum absolute atomic E-state index is 13.6. The Balaban J connectivity index is 1.04. The second kappa shape index (κ2) is 18.1. The van der Waals surface area contributed by atoms with Gasteiger partial charge in [0, 0.05) is 66.9 Å². The van der Waals surface area contributed by atoms with Crippen LogP contribution in [0.15, 0.2) is 54.6 Å². The topological polar surface area (TPSA) is 175 Å². The number of ketones is 1. The highest BCUT2D eigenvalue weighted by Crippen LogP contribution is 2.57. The number of aromatic hydroxyl groups is 2. The molecule has 3 aromatic carbocycles. The van der Waals surface area contributed by atoms with Crippen LogP contribution in [-0.2, 0) is 24.7 Å².